The van der Waals surface area contributed by atoms with E-state index in [9.17, 15) is 9.59 Å². The molecular weight excluding hydrogens is 279 g/mol. The molecule has 1 aromatic carbocycles. The molecule has 0 radical (unpaired) electrons. The van der Waals surface area contributed by atoms with Crippen molar-refractivity contribution >= 4 is 41.3 Å². The second-order valence-electron chi connectivity index (χ2n) is 3.09. The summed E-state index contributed by atoms with van der Waals surface area (Å²) >= 11 is 11.5. The zero-order valence-corrected chi connectivity index (χ0v) is 11.0. The topological polar surface area (TPSA) is 67.8 Å². The number of carbonyl (C=O) groups is 2. The van der Waals surface area contributed by atoms with Gasteiger partial charge in [0, 0.05) is 0 Å². The summed E-state index contributed by atoms with van der Waals surface area (Å²) in [5.74, 6) is -1.92. The van der Waals surface area contributed by atoms with Gasteiger partial charge in [-0.1, -0.05) is 29.3 Å². The predicted octanol–water partition coefficient (Wildman–Crippen LogP) is 2.01. The lowest BCUT2D eigenvalue weighted by atomic mass is 10.2. The quantitative estimate of drug-likeness (QED) is 0.400. The highest BCUT2D eigenvalue weighted by Crippen LogP contribution is 2.21. The smallest absolute Gasteiger partial charge is 0.398 e. The minimum Gasteiger partial charge on any atom is -0.459 e. The molecular formula is C11H10Cl2N2O3. The molecule has 0 heterocycles. The number of nitrogens with zero attached hydrogens (tertiary/aromatic N) is 1. The fraction of sp³-hybridized carbons (Fsp3) is 0.182. The molecule has 0 aliphatic carbocycles. The molecule has 7 heteroatoms. The van der Waals surface area contributed by atoms with Crippen LogP contribution in [0.5, 0.6) is 0 Å². The average molecular weight is 289 g/mol. The van der Waals surface area contributed by atoms with E-state index in [2.05, 4.69) is 9.84 Å². The van der Waals surface area contributed by atoms with Crippen LogP contribution in [0.15, 0.2) is 23.3 Å². The van der Waals surface area contributed by atoms with Crippen molar-refractivity contribution in [2.45, 2.75) is 6.92 Å². The zero-order chi connectivity index (χ0) is 13.5. The maximum atomic E-state index is 11.1. The van der Waals surface area contributed by atoms with Crippen LogP contribution < -0.4 is 5.43 Å². The monoisotopic (exact) mass is 288 g/mol. The molecule has 96 valence electrons. The van der Waals surface area contributed by atoms with Crippen LogP contribution >= 0.6 is 23.2 Å². The summed E-state index contributed by atoms with van der Waals surface area (Å²) in [5, 5.41) is 4.38. The fourth-order valence-corrected chi connectivity index (χ4v) is 1.31. The molecule has 0 spiro atoms. The summed E-state index contributed by atoms with van der Waals surface area (Å²) in [7, 11) is 0. The van der Waals surface area contributed by atoms with Crippen LogP contribution in [0.4, 0.5) is 0 Å². The Labute approximate surface area is 114 Å². The number of hydrogen-bond donors (Lipinski definition) is 1. The van der Waals surface area contributed by atoms with Gasteiger partial charge in [-0.05, 0) is 24.6 Å². The van der Waals surface area contributed by atoms with Crippen molar-refractivity contribution in [3.63, 3.8) is 0 Å². The van der Waals surface area contributed by atoms with E-state index in [-0.39, 0.29) is 6.61 Å². The summed E-state index contributed by atoms with van der Waals surface area (Å²) in [4.78, 5) is 22.0. The minimum atomic E-state index is -0.983. The highest BCUT2D eigenvalue weighted by Gasteiger charge is 2.12. The normalized spacial score (nSPS) is 10.4. The first kappa shape index (κ1) is 14.5. The Kier molecular flexibility index (Phi) is 5.61. The number of carbonyl (C=O) groups excluding carboxylic acids is 2. The Hall–Kier alpha value is -1.59. The zero-order valence-electron chi connectivity index (χ0n) is 9.44. The van der Waals surface area contributed by atoms with Crippen LogP contribution in [0.1, 0.15) is 12.5 Å². The number of amides is 1. The molecule has 0 aromatic heterocycles. The average Bonchev–Trinajstić information content (AvgIpc) is 2.34. The summed E-state index contributed by atoms with van der Waals surface area (Å²) < 4.78 is 4.48. The van der Waals surface area contributed by atoms with E-state index in [0.717, 1.165) is 0 Å². The second-order valence-corrected chi connectivity index (χ2v) is 3.91. The Morgan fingerprint density at radius 3 is 2.72 bits per heavy atom. The Balaban J connectivity index is 2.57. The number of nitrogens with one attached hydrogen (secondary N) is 1. The van der Waals surface area contributed by atoms with Gasteiger partial charge in [0.2, 0.25) is 0 Å². The van der Waals surface area contributed by atoms with Crippen molar-refractivity contribution in [3.8, 4) is 0 Å². The molecule has 1 rings (SSSR count). The maximum absolute atomic E-state index is 11.1. The number of hydrogen-bond acceptors (Lipinski definition) is 4. The van der Waals surface area contributed by atoms with Gasteiger partial charge in [0.15, 0.2) is 0 Å². The largest absolute Gasteiger partial charge is 0.459 e. The Bertz CT molecular complexity index is 489. The van der Waals surface area contributed by atoms with Crippen LogP contribution in [-0.2, 0) is 14.3 Å². The van der Waals surface area contributed by atoms with E-state index >= 15 is 0 Å². The second kappa shape index (κ2) is 6.98. The van der Waals surface area contributed by atoms with Crippen LogP contribution in [-0.4, -0.2) is 24.7 Å². The van der Waals surface area contributed by atoms with Crippen molar-refractivity contribution in [3.05, 3.63) is 33.8 Å². The van der Waals surface area contributed by atoms with Gasteiger partial charge in [0.25, 0.3) is 0 Å². The first-order valence-electron chi connectivity index (χ1n) is 4.99. The number of hydrazone groups is 1. The lowest BCUT2D eigenvalue weighted by Gasteiger charge is -1.99. The molecule has 18 heavy (non-hydrogen) atoms. The molecule has 1 amide bonds. The third-order valence-electron chi connectivity index (χ3n) is 1.78. The van der Waals surface area contributed by atoms with Crippen molar-refractivity contribution in [2.75, 3.05) is 6.61 Å². The molecule has 0 aliphatic heterocycles. The maximum Gasteiger partial charge on any atom is 0.398 e. The molecule has 0 bridgehead atoms. The van der Waals surface area contributed by atoms with E-state index in [1.165, 1.54) is 6.21 Å². The highest BCUT2D eigenvalue weighted by molar-refractivity contribution is 6.42. The number of rotatable bonds is 3. The summed E-state index contributed by atoms with van der Waals surface area (Å²) in [6.45, 7) is 1.73. The van der Waals surface area contributed by atoms with E-state index in [0.29, 0.717) is 15.6 Å². The van der Waals surface area contributed by atoms with E-state index in [4.69, 9.17) is 23.2 Å². The van der Waals surface area contributed by atoms with Crippen LogP contribution in [0.2, 0.25) is 10.0 Å². The molecule has 0 atom stereocenters. The molecule has 1 aromatic rings. The van der Waals surface area contributed by atoms with Gasteiger partial charge < -0.3 is 4.74 Å². The molecule has 1 N–H and O–H groups in total. The molecule has 0 aliphatic rings. The first-order valence-corrected chi connectivity index (χ1v) is 5.75. The van der Waals surface area contributed by atoms with Gasteiger partial charge in [0.05, 0.1) is 22.9 Å². The molecule has 5 nitrogen and oxygen atoms in total. The first-order chi connectivity index (χ1) is 8.54. The summed E-state index contributed by atoms with van der Waals surface area (Å²) in [6, 6.07) is 4.83. The van der Waals surface area contributed by atoms with Crippen LogP contribution in [0, 0.1) is 0 Å². The third kappa shape index (κ3) is 4.35. The lowest BCUT2D eigenvalue weighted by molar-refractivity contribution is -0.154. The van der Waals surface area contributed by atoms with Crippen molar-refractivity contribution in [2.24, 2.45) is 5.10 Å². The Morgan fingerprint density at radius 2 is 2.11 bits per heavy atom. The summed E-state index contributed by atoms with van der Waals surface area (Å²) in [6.07, 6.45) is 1.33. The molecule has 0 saturated carbocycles. The SMILES string of the molecule is CCOC(=O)C(=O)N/N=C/c1ccc(Cl)c(Cl)c1. The van der Waals surface area contributed by atoms with Gasteiger partial charge in [0.1, 0.15) is 0 Å². The number of esters is 1. The van der Waals surface area contributed by atoms with Crippen molar-refractivity contribution in [1.82, 2.24) is 5.43 Å². The van der Waals surface area contributed by atoms with E-state index < -0.39 is 11.9 Å². The van der Waals surface area contributed by atoms with Gasteiger partial charge >= 0.3 is 11.9 Å². The van der Waals surface area contributed by atoms with Gasteiger partial charge in [-0.3, -0.25) is 4.79 Å². The highest BCUT2D eigenvalue weighted by atomic mass is 35.5. The van der Waals surface area contributed by atoms with Crippen LogP contribution in [0.3, 0.4) is 0 Å². The molecule has 0 saturated heterocycles. The van der Waals surface area contributed by atoms with E-state index in [1.807, 2.05) is 5.43 Å². The lowest BCUT2D eigenvalue weighted by Crippen LogP contribution is -2.28. The van der Waals surface area contributed by atoms with Gasteiger partial charge in [-0.25, -0.2) is 10.2 Å². The van der Waals surface area contributed by atoms with E-state index in [1.54, 1.807) is 25.1 Å². The minimum absolute atomic E-state index is 0.128. The third-order valence-corrected chi connectivity index (χ3v) is 2.52. The standard InChI is InChI=1S/C11H10Cl2N2O3/c1-2-18-11(17)10(16)15-14-6-7-3-4-8(12)9(13)5-7/h3-6H,2H2,1H3,(H,15,16)/b14-6+. The van der Waals surface area contributed by atoms with Crippen molar-refractivity contribution in [1.29, 1.82) is 0 Å². The molecule has 0 unspecified atom stereocenters. The van der Waals surface area contributed by atoms with Gasteiger partial charge in [-0.15, -0.1) is 0 Å². The van der Waals surface area contributed by atoms with Gasteiger partial charge in [-0.2, -0.15) is 5.10 Å². The number of ether oxygens (including phenoxy) is 1. The van der Waals surface area contributed by atoms with Crippen LogP contribution in [0.25, 0.3) is 0 Å². The number of halogens is 2. The summed E-state index contributed by atoms with van der Waals surface area (Å²) in [5.41, 5.74) is 2.66. The Morgan fingerprint density at radius 1 is 1.39 bits per heavy atom. The fourth-order valence-electron chi connectivity index (χ4n) is 1.00. The molecule has 0 fully saturated rings. The van der Waals surface area contributed by atoms with Crippen molar-refractivity contribution < 1.29 is 14.3 Å². The number of benzene rings is 1. The predicted molar refractivity (Wildman–Crippen MR) is 68.8 cm³/mol.